The lowest BCUT2D eigenvalue weighted by Gasteiger charge is -2.38. The molecule has 140 valence electrons. The first-order chi connectivity index (χ1) is 12.7. The van der Waals surface area contributed by atoms with Crippen LogP contribution in [0.15, 0.2) is 16.9 Å². The lowest BCUT2D eigenvalue weighted by molar-refractivity contribution is -0.0114. The van der Waals surface area contributed by atoms with E-state index in [2.05, 4.69) is 5.32 Å². The normalized spacial score (nSPS) is 35.3. The lowest BCUT2D eigenvalue weighted by Crippen LogP contribution is -2.50. The zero-order valence-corrected chi connectivity index (χ0v) is 15.3. The van der Waals surface area contributed by atoms with E-state index in [9.17, 15) is 9.59 Å². The molecule has 6 nitrogen and oxygen atoms in total. The van der Waals surface area contributed by atoms with Crippen LogP contribution in [0.2, 0.25) is 0 Å². The molecule has 3 fully saturated rings. The Morgan fingerprint density at radius 2 is 1.92 bits per heavy atom. The summed E-state index contributed by atoms with van der Waals surface area (Å²) < 4.78 is 7.52. The number of ether oxygens (including phenoxy) is 1. The van der Waals surface area contributed by atoms with Crippen LogP contribution < -0.4 is 10.9 Å². The van der Waals surface area contributed by atoms with Crippen molar-refractivity contribution in [1.82, 2.24) is 14.8 Å². The molecule has 1 amide bonds. The van der Waals surface area contributed by atoms with Crippen LogP contribution >= 0.6 is 0 Å². The van der Waals surface area contributed by atoms with Crippen molar-refractivity contribution >= 4 is 5.91 Å². The van der Waals surface area contributed by atoms with Gasteiger partial charge >= 0.3 is 0 Å². The van der Waals surface area contributed by atoms with E-state index in [-0.39, 0.29) is 17.6 Å². The van der Waals surface area contributed by atoms with Crippen molar-refractivity contribution in [3.05, 3.63) is 33.7 Å². The van der Waals surface area contributed by atoms with Gasteiger partial charge in [-0.3, -0.25) is 9.59 Å². The average molecular weight is 357 g/mol. The summed E-state index contributed by atoms with van der Waals surface area (Å²) in [5.74, 6) is 1.62. The number of aromatic nitrogens is 1. The highest BCUT2D eigenvalue weighted by Crippen LogP contribution is 2.39. The Morgan fingerprint density at radius 3 is 2.65 bits per heavy atom. The molecule has 1 aromatic heterocycles. The average Bonchev–Trinajstić information content (AvgIpc) is 2.90. The van der Waals surface area contributed by atoms with E-state index in [4.69, 9.17) is 4.74 Å². The van der Waals surface area contributed by atoms with Gasteiger partial charge in [0.1, 0.15) is 5.56 Å². The molecule has 0 spiro atoms. The Balaban J connectivity index is 1.44. The Morgan fingerprint density at radius 1 is 1.15 bits per heavy atom. The molecular weight excluding hydrogens is 330 g/mol. The van der Waals surface area contributed by atoms with E-state index in [1.165, 1.54) is 0 Å². The third kappa shape index (κ3) is 2.46. The van der Waals surface area contributed by atoms with Crippen LogP contribution in [-0.4, -0.2) is 54.8 Å². The zero-order valence-electron chi connectivity index (χ0n) is 15.3. The topological polar surface area (TPSA) is 63.6 Å². The second-order valence-electron chi connectivity index (χ2n) is 8.55. The minimum absolute atomic E-state index is 0.0920. The number of nitrogens with one attached hydrogen (secondary N) is 1. The molecule has 2 saturated heterocycles. The summed E-state index contributed by atoms with van der Waals surface area (Å²) in [6.07, 6.45) is 3.66. The predicted octanol–water partition coefficient (Wildman–Crippen LogP) is 1.05. The summed E-state index contributed by atoms with van der Waals surface area (Å²) >= 11 is 0. The minimum atomic E-state index is -0.0923. The Kier molecular flexibility index (Phi) is 3.94. The van der Waals surface area contributed by atoms with Crippen molar-refractivity contribution in [2.75, 3.05) is 33.3 Å². The van der Waals surface area contributed by atoms with E-state index in [0.29, 0.717) is 42.3 Å². The van der Waals surface area contributed by atoms with Crippen LogP contribution in [0.1, 0.15) is 41.2 Å². The van der Waals surface area contributed by atoms with Gasteiger partial charge in [-0.1, -0.05) is 0 Å². The molecule has 1 aromatic rings. The molecule has 1 saturated carbocycles. The molecule has 5 rings (SSSR count). The fraction of sp³-hybridized carbons (Fsp3) is 0.700. The van der Waals surface area contributed by atoms with E-state index >= 15 is 0 Å². The number of likely N-dealkylation sites (tertiary alicyclic amines) is 1. The highest BCUT2D eigenvalue weighted by atomic mass is 16.5. The SMILES string of the molecule is COC1[C@@H]2CC[C@H]1CN(C(=O)c1ccc3n(c1=O)C[C@@H]1CNC[C@H]3C1)C2. The zero-order chi connectivity index (χ0) is 17.8. The summed E-state index contributed by atoms with van der Waals surface area (Å²) in [4.78, 5) is 28.1. The smallest absolute Gasteiger partial charge is 0.263 e. The summed E-state index contributed by atoms with van der Waals surface area (Å²) in [7, 11) is 1.77. The summed E-state index contributed by atoms with van der Waals surface area (Å²) in [6, 6.07) is 3.79. The van der Waals surface area contributed by atoms with Crippen molar-refractivity contribution in [1.29, 1.82) is 0 Å². The van der Waals surface area contributed by atoms with Gasteiger partial charge in [-0.2, -0.15) is 0 Å². The van der Waals surface area contributed by atoms with Gasteiger partial charge in [0, 0.05) is 56.7 Å². The molecule has 1 N–H and O–H groups in total. The first kappa shape index (κ1) is 16.5. The van der Waals surface area contributed by atoms with Crippen LogP contribution in [-0.2, 0) is 11.3 Å². The van der Waals surface area contributed by atoms with E-state index < -0.39 is 0 Å². The number of fused-ring (bicyclic) bond motifs is 6. The van der Waals surface area contributed by atoms with Gasteiger partial charge in [0.2, 0.25) is 0 Å². The first-order valence-corrected chi connectivity index (χ1v) is 9.92. The fourth-order valence-electron chi connectivity index (χ4n) is 5.85. The largest absolute Gasteiger partial charge is 0.381 e. The van der Waals surface area contributed by atoms with Gasteiger partial charge in [-0.05, 0) is 43.9 Å². The molecular formula is C20H27N3O3. The summed E-state index contributed by atoms with van der Waals surface area (Å²) in [5.41, 5.74) is 1.34. The number of piperidine rings is 2. The molecule has 1 aliphatic carbocycles. The number of pyridine rings is 1. The molecule has 3 aliphatic heterocycles. The Hall–Kier alpha value is -1.66. The van der Waals surface area contributed by atoms with Crippen molar-refractivity contribution in [2.24, 2.45) is 17.8 Å². The number of amides is 1. The summed E-state index contributed by atoms with van der Waals surface area (Å²) in [5, 5.41) is 3.46. The number of nitrogens with zero attached hydrogens (tertiary/aromatic N) is 2. The Bertz CT molecular complexity index is 775. The number of carbonyl (C=O) groups excluding carboxylic acids is 1. The minimum Gasteiger partial charge on any atom is -0.381 e. The van der Waals surface area contributed by atoms with Crippen molar-refractivity contribution < 1.29 is 9.53 Å². The molecule has 0 radical (unpaired) electrons. The number of carbonyl (C=O) groups is 1. The third-order valence-electron chi connectivity index (χ3n) is 7.05. The number of hydrogen-bond acceptors (Lipinski definition) is 4. The molecule has 26 heavy (non-hydrogen) atoms. The second-order valence-corrected chi connectivity index (χ2v) is 8.55. The van der Waals surface area contributed by atoms with Gasteiger partial charge in [0.15, 0.2) is 0 Å². The number of methoxy groups -OCH3 is 1. The second kappa shape index (κ2) is 6.20. The van der Waals surface area contributed by atoms with Gasteiger partial charge < -0.3 is 19.5 Å². The van der Waals surface area contributed by atoms with Crippen LogP contribution in [0.4, 0.5) is 0 Å². The van der Waals surface area contributed by atoms with Gasteiger partial charge in [-0.15, -0.1) is 0 Å². The van der Waals surface area contributed by atoms with Crippen molar-refractivity contribution in [3.63, 3.8) is 0 Å². The maximum Gasteiger partial charge on any atom is 0.263 e. The van der Waals surface area contributed by atoms with Crippen LogP contribution in [0.5, 0.6) is 0 Å². The van der Waals surface area contributed by atoms with E-state index in [0.717, 1.165) is 44.6 Å². The molecule has 6 heteroatoms. The third-order valence-corrected chi connectivity index (χ3v) is 7.05. The van der Waals surface area contributed by atoms with Gasteiger partial charge in [0.25, 0.3) is 11.5 Å². The maximum absolute atomic E-state index is 13.1. The maximum atomic E-state index is 13.1. The highest BCUT2D eigenvalue weighted by Gasteiger charge is 2.44. The van der Waals surface area contributed by atoms with E-state index in [1.807, 2.05) is 15.5 Å². The van der Waals surface area contributed by atoms with Crippen LogP contribution in [0.3, 0.4) is 0 Å². The number of rotatable bonds is 2. The first-order valence-electron chi connectivity index (χ1n) is 9.92. The predicted molar refractivity (Wildman–Crippen MR) is 97.3 cm³/mol. The molecule has 4 bridgehead atoms. The summed E-state index contributed by atoms with van der Waals surface area (Å²) in [6.45, 7) is 4.05. The van der Waals surface area contributed by atoms with Crippen molar-refractivity contribution in [3.8, 4) is 0 Å². The van der Waals surface area contributed by atoms with Crippen LogP contribution in [0, 0.1) is 17.8 Å². The lowest BCUT2D eigenvalue weighted by atomic mass is 9.84. The molecule has 4 heterocycles. The molecule has 4 aliphatic rings. The standard InChI is InChI=1S/C20H27N3O3/c1-26-18-13-2-3-14(18)11-22(10-13)19(24)16-4-5-17-15-6-12(7-21-8-15)9-23(17)20(16)25/h4-5,12-15,18,21H,2-3,6-11H2,1H3/t12-,13-,14+,15+,18?/m0/s1. The molecule has 5 atom stereocenters. The number of hydrogen-bond donors (Lipinski definition) is 1. The Labute approximate surface area is 153 Å². The molecule has 0 aromatic carbocycles. The quantitative estimate of drug-likeness (QED) is 0.859. The monoisotopic (exact) mass is 357 g/mol. The van der Waals surface area contributed by atoms with Gasteiger partial charge in [-0.25, -0.2) is 0 Å². The van der Waals surface area contributed by atoms with E-state index in [1.54, 1.807) is 13.2 Å². The van der Waals surface area contributed by atoms with Crippen molar-refractivity contribution in [2.45, 2.75) is 37.8 Å². The van der Waals surface area contributed by atoms with Gasteiger partial charge in [0.05, 0.1) is 6.10 Å². The van der Waals surface area contributed by atoms with Crippen LogP contribution in [0.25, 0.3) is 0 Å². The molecule has 1 unspecified atom stereocenters. The highest BCUT2D eigenvalue weighted by molar-refractivity contribution is 5.94. The fourth-order valence-corrected chi connectivity index (χ4v) is 5.85.